The number of ether oxygens (including phenoxy) is 2. The Morgan fingerprint density at radius 3 is 2.67 bits per heavy atom. The number of hydrogen-bond donors (Lipinski definition) is 1. The van der Waals surface area contributed by atoms with Crippen LogP contribution in [-0.2, 0) is 4.74 Å². The van der Waals surface area contributed by atoms with Gasteiger partial charge in [0, 0.05) is 50.5 Å². The van der Waals surface area contributed by atoms with Crippen molar-refractivity contribution in [1.29, 1.82) is 0 Å². The number of pyridine rings is 2. The van der Waals surface area contributed by atoms with Gasteiger partial charge >= 0.3 is 0 Å². The van der Waals surface area contributed by atoms with Crippen LogP contribution in [0, 0.1) is 20.4 Å². The minimum absolute atomic E-state index is 0.0413. The third-order valence-corrected chi connectivity index (χ3v) is 6.90. The number of hydrogen-bond acceptors (Lipinski definition) is 7. The average Bonchev–Trinajstić information content (AvgIpc) is 3.37. The van der Waals surface area contributed by atoms with Crippen molar-refractivity contribution in [3.05, 3.63) is 70.8 Å². The minimum Gasteiger partial charge on any atom is -0.501 e. The first-order chi connectivity index (χ1) is 18.9. The van der Waals surface area contributed by atoms with Crippen molar-refractivity contribution in [2.24, 2.45) is 0 Å². The second kappa shape index (κ2) is 11.2. The standard InChI is InChI=1S/C30H30N4O5/c1-18-13-21(30(36)34(4)9-10-35)17-33-28(18)26-15-24-29(39-26)27(19(2)16-32-24)20-5-6-25(23(14-20)31-3)38-22-7-11-37-12-8-22/h5-6,13-17,22,35H,7-12H2,1-2,4H3. The quantitative estimate of drug-likeness (QED) is 0.324. The maximum absolute atomic E-state index is 12.6. The van der Waals surface area contributed by atoms with Crippen LogP contribution in [0.4, 0.5) is 5.69 Å². The molecule has 1 N–H and O–H groups in total. The number of fused-ring (bicyclic) bond motifs is 1. The predicted molar refractivity (Wildman–Crippen MR) is 147 cm³/mol. The Morgan fingerprint density at radius 2 is 1.95 bits per heavy atom. The van der Waals surface area contributed by atoms with Crippen molar-refractivity contribution < 1.29 is 23.8 Å². The Hall–Kier alpha value is -4.26. The second-order valence-electron chi connectivity index (χ2n) is 9.70. The number of likely N-dealkylation sites (N-methyl/N-ethyl adjacent to an activating group) is 1. The van der Waals surface area contributed by atoms with Crippen molar-refractivity contribution in [1.82, 2.24) is 14.9 Å². The Balaban J connectivity index is 1.50. The molecule has 9 nitrogen and oxygen atoms in total. The number of rotatable bonds is 7. The van der Waals surface area contributed by atoms with Gasteiger partial charge in [0.05, 0.1) is 32.0 Å². The van der Waals surface area contributed by atoms with E-state index in [1.165, 1.54) is 11.1 Å². The van der Waals surface area contributed by atoms with Crippen molar-refractivity contribution >= 4 is 22.7 Å². The summed E-state index contributed by atoms with van der Waals surface area (Å²) in [5.74, 6) is 0.896. The van der Waals surface area contributed by atoms with Gasteiger partial charge in [-0.2, -0.15) is 0 Å². The molecular formula is C30H30N4O5. The van der Waals surface area contributed by atoms with Crippen molar-refractivity contribution in [3.63, 3.8) is 0 Å². The monoisotopic (exact) mass is 526 g/mol. The molecule has 1 amide bonds. The van der Waals surface area contributed by atoms with Crippen LogP contribution in [0.15, 0.2) is 47.1 Å². The Bertz CT molecular complexity index is 1570. The van der Waals surface area contributed by atoms with E-state index in [0.29, 0.717) is 52.8 Å². The summed E-state index contributed by atoms with van der Waals surface area (Å²) in [5.41, 5.74) is 6.14. The molecule has 0 bridgehead atoms. The fraction of sp³-hybridized carbons (Fsp3) is 0.333. The van der Waals surface area contributed by atoms with E-state index >= 15 is 0 Å². The Labute approximate surface area is 226 Å². The first-order valence-electron chi connectivity index (χ1n) is 12.9. The third-order valence-electron chi connectivity index (χ3n) is 6.90. The van der Waals surface area contributed by atoms with Crippen molar-refractivity contribution in [2.75, 3.05) is 33.4 Å². The highest BCUT2D eigenvalue weighted by molar-refractivity contribution is 5.96. The lowest BCUT2D eigenvalue weighted by Gasteiger charge is -2.24. The molecule has 0 unspecified atom stereocenters. The predicted octanol–water partition coefficient (Wildman–Crippen LogP) is 5.35. The number of aliphatic hydroxyl groups is 1. The molecule has 0 saturated carbocycles. The van der Waals surface area contributed by atoms with E-state index in [0.717, 1.165) is 35.1 Å². The number of carbonyl (C=O) groups excluding carboxylic acids is 1. The second-order valence-corrected chi connectivity index (χ2v) is 9.70. The van der Waals surface area contributed by atoms with Crippen LogP contribution in [-0.4, -0.2) is 65.4 Å². The largest absolute Gasteiger partial charge is 0.501 e. The number of carbonyl (C=O) groups is 1. The normalized spacial score (nSPS) is 13.8. The molecule has 4 aromatic rings. The third kappa shape index (κ3) is 5.35. The van der Waals surface area contributed by atoms with Crippen LogP contribution in [0.2, 0.25) is 0 Å². The Kier molecular flexibility index (Phi) is 7.59. The molecule has 1 aromatic carbocycles. The van der Waals surface area contributed by atoms with E-state index in [1.807, 2.05) is 38.1 Å². The molecule has 39 heavy (non-hydrogen) atoms. The molecule has 4 heterocycles. The summed E-state index contributed by atoms with van der Waals surface area (Å²) in [7, 11) is 1.64. The number of benzene rings is 1. The summed E-state index contributed by atoms with van der Waals surface area (Å²) >= 11 is 0. The van der Waals surface area contributed by atoms with Gasteiger partial charge in [-0.15, -0.1) is 0 Å². The molecule has 3 aromatic heterocycles. The van der Waals surface area contributed by atoms with Crippen LogP contribution in [0.3, 0.4) is 0 Å². The number of nitrogens with zero attached hydrogens (tertiary/aromatic N) is 4. The topological polar surface area (TPSA) is 102 Å². The first-order valence-corrected chi connectivity index (χ1v) is 12.9. The molecular weight excluding hydrogens is 496 g/mol. The zero-order valence-electron chi connectivity index (χ0n) is 22.2. The van der Waals surface area contributed by atoms with Gasteiger partial charge in [0.15, 0.2) is 11.3 Å². The van der Waals surface area contributed by atoms with Gasteiger partial charge in [-0.1, -0.05) is 6.07 Å². The fourth-order valence-electron chi connectivity index (χ4n) is 4.80. The van der Waals surface area contributed by atoms with Gasteiger partial charge in [-0.05, 0) is 48.7 Å². The molecule has 1 fully saturated rings. The van der Waals surface area contributed by atoms with E-state index in [1.54, 1.807) is 19.3 Å². The van der Waals surface area contributed by atoms with Crippen molar-refractivity contribution in [3.8, 4) is 28.3 Å². The van der Waals surface area contributed by atoms with Gasteiger partial charge in [-0.3, -0.25) is 14.8 Å². The minimum atomic E-state index is -0.213. The summed E-state index contributed by atoms with van der Waals surface area (Å²) in [5, 5.41) is 9.13. The summed E-state index contributed by atoms with van der Waals surface area (Å²) in [4.78, 5) is 26.9. The smallest absolute Gasteiger partial charge is 0.255 e. The molecule has 200 valence electrons. The molecule has 5 rings (SSSR count). The fourth-order valence-corrected chi connectivity index (χ4v) is 4.80. The zero-order chi connectivity index (χ0) is 27.5. The van der Waals surface area contributed by atoms with Crippen LogP contribution in [0.25, 0.3) is 38.5 Å². The number of amides is 1. The van der Waals surface area contributed by atoms with Crippen LogP contribution in [0.5, 0.6) is 5.75 Å². The highest BCUT2D eigenvalue weighted by Crippen LogP contribution is 2.40. The molecule has 9 heteroatoms. The van der Waals surface area contributed by atoms with Gasteiger partial charge in [-0.25, -0.2) is 4.85 Å². The van der Waals surface area contributed by atoms with E-state index in [2.05, 4.69) is 14.8 Å². The van der Waals surface area contributed by atoms with Gasteiger partial charge in [0.1, 0.15) is 23.1 Å². The summed E-state index contributed by atoms with van der Waals surface area (Å²) in [6.07, 6.45) is 4.96. The van der Waals surface area contributed by atoms with Crippen LogP contribution >= 0.6 is 0 Å². The van der Waals surface area contributed by atoms with Gasteiger partial charge < -0.3 is 23.9 Å². The first kappa shape index (κ1) is 26.4. The molecule has 0 radical (unpaired) electrons. The lowest BCUT2D eigenvalue weighted by molar-refractivity contribution is 0.0259. The molecule has 1 aliphatic rings. The van der Waals surface area contributed by atoms with E-state index in [9.17, 15) is 4.79 Å². The van der Waals surface area contributed by atoms with Gasteiger partial charge in [0.25, 0.3) is 5.91 Å². The molecule has 0 spiro atoms. The molecule has 0 atom stereocenters. The summed E-state index contributed by atoms with van der Waals surface area (Å²) in [6.45, 7) is 13.1. The number of furan rings is 1. The zero-order valence-corrected chi connectivity index (χ0v) is 22.2. The molecule has 0 aliphatic carbocycles. The summed E-state index contributed by atoms with van der Waals surface area (Å²) < 4.78 is 17.9. The van der Waals surface area contributed by atoms with Crippen molar-refractivity contribution in [2.45, 2.75) is 32.8 Å². The SMILES string of the molecule is [C-]#[N+]c1cc(-c2c(C)cnc3cc(-c4ncc(C(=O)N(C)CCO)cc4C)oc23)ccc1OC1CCOCC1. The highest BCUT2D eigenvalue weighted by Gasteiger charge is 2.21. The lowest BCUT2D eigenvalue weighted by atomic mass is 10.0. The average molecular weight is 527 g/mol. The molecule has 1 aliphatic heterocycles. The molecule has 1 saturated heterocycles. The lowest BCUT2D eigenvalue weighted by Crippen LogP contribution is -2.29. The van der Waals surface area contributed by atoms with E-state index < -0.39 is 0 Å². The maximum Gasteiger partial charge on any atom is 0.255 e. The number of aryl methyl sites for hydroxylation is 2. The van der Waals surface area contributed by atoms with E-state index in [4.69, 9.17) is 25.6 Å². The number of aliphatic hydroxyl groups excluding tert-OH is 1. The van der Waals surface area contributed by atoms with Gasteiger partial charge in [0.2, 0.25) is 5.69 Å². The Morgan fingerprint density at radius 1 is 1.15 bits per heavy atom. The summed E-state index contributed by atoms with van der Waals surface area (Å²) in [6, 6.07) is 9.23. The highest BCUT2D eigenvalue weighted by atomic mass is 16.5. The maximum atomic E-state index is 12.6. The number of aromatic nitrogens is 2. The van der Waals surface area contributed by atoms with E-state index in [-0.39, 0.29) is 25.2 Å². The van der Waals surface area contributed by atoms with Crippen LogP contribution < -0.4 is 4.74 Å². The van der Waals surface area contributed by atoms with Crippen LogP contribution in [0.1, 0.15) is 34.3 Å².